The Morgan fingerprint density at radius 1 is 1.22 bits per heavy atom. The van der Waals surface area contributed by atoms with Crippen molar-refractivity contribution >= 4 is 5.95 Å². The predicted molar refractivity (Wildman–Crippen MR) is 85.4 cm³/mol. The minimum Gasteiger partial charge on any atom is -0.486 e. The third kappa shape index (κ3) is 3.12. The first kappa shape index (κ1) is 14.4. The molecule has 6 heteroatoms. The van der Waals surface area contributed by atoms with E-state index in [9.17, 15) is 0 Å². The number of ether oxygens (including phenoxy) is 2. The van der Waals surface area contributed by atoms with Crippen LogP contribution in [0.4, 0.5) is 5.95 Å². The number of piperidine rings is 1. The molecule has 0 unspecified atom stereocenters. The first-order chi connectivity index (χ1) is 11.3. The van der Waals surface area contributed by atoms with E-state index in [4.69, 9.17) is 9.47 Å². The van der Waals surface area contributed by atoms with E-state index in [1.807, 2.05) is 18.2 Å². The van der Waals surface area contributed by atoms with Gasteiger partial charge in [0.15, 0.2) is 0 Å². The highest BCUT2D eigenvalue weighted by molar-refractivity contribution is 5.31. The standard InChI is InChI=1S/C17H20N4O2/c1-4-14(11-18-6-1)23-15-10-17(22-12-15)5-2-9-21(13-17)16-19-7-3-8-20-16/h1,3-4,6-8,11,15H,2,5,9-10,12-13H2/t15-,17+/m1/s1. The van der Waals surface area contributed by atoms with Gasteiger partial charge in [0, 0.05) is 38.1 Å². The molecule has 0 saturated carbocycles. The number of pyridine rings is 1. The van der Waals surface area contributed by atoms with Gasteiger partial charge in [-0.3, -0.25) is 4.98 Å². The molecule has 0 radical (unpaired) electrons. The number of nitrogens with zero attached hydrogens (tertiary/aromatic N) is 4. The molecule has 4 heterocycles. The lowest BCUT2D eigenvalue weighted by atomic mass is 9.89. The van der Waals surface area contributed by atoms with Crippen LogP contribution in [0, 0.1) is 0 Å². The van der Waals surface area contributed by atoms with Crippen molar-refractivity contribution in [2.45, 2.75) is 31.0 Å². The summed E-state index contributed by atoms with van der Waals surface area (Å²) in [6.45, 7) is 2.42. The molecule has 0 bridgehead atoms. The SMILES string of the molecule is c1cnc(N2CCC[C@]3(C[C@@H](Oc4cccnc4)CO3)C2)nc1. The van der Waals surface area contributed by atoms with Crippen LogP contribution in [0.2, 0.25) is 0 Å². The highest BCUT2D eigenvalue weighted by Crippen LogP contribution is 2.36. The molecule has 0 aliphatic carbocycles. The van der Waals surface area contributed by atoms with E-state index in [-0.39, 0.29) is 11.7 Å². The molecule has 2 aliphatic rings. The number of rotatable bonds is 3. The van der Waals surface area contributed by atoms with E-state index in [2.05, 4.69) is 19.9 Å². The second-order valence-corrected chi connectivity index (χ2v) is 6.20. The molecule has 0 N–H and O–H groups in total. The Kier molecular flexibility index (Phi) is 3.83. The molecule has 23 heavy (non-hydrogen) atoms. The van der Waals surface area contributed by atoms with Crippen molar-refractivity contribution in [3.05, 3.63) is 43.0 Å². The summed E-state index contributed by atoms with van der Waals surface area (Å²) in [6, 6.07) is 5.66. The first-order valence-corrected chi connectivity index (χ1v) is 8.06. The molecular weight excluding hydrogens is 292 g/mol. The summed E-state index contributed by atoms with van der Waals surface area (Å²) in [4.78, 5) is 15.0. The summed E-state index contributed by atoms with van der Waals surface area (Å²) < 4.78 is 12.2. The molecule has 2 atom stereocenters. The molecule has 2 fully saturated rings. The minimum absolute atomic E-state index is 0.0795. The fraction of sp³-hybridized carbons (Fsp3) is 0.471. The van der Waals surface area contributed by atoms with E-state index in [1.165, 1.54) is 0 Å². The fourth-order valence-electron chi connectivity index (χ4n) is 3.50. The van der Waals surface area contributed by atoms with Crippen molar-refractivity contribution in [1.82, 2.24) is 15.0 Å². The zero-order valence-electron chi connectivity index (χ0n) is 13.0. The Morgan fingerprint density at radius 2 is 2.13 bits per heavy atom. The van der Waals surface area contributed by atoms with Gasteiger partial charge >= 0.3 is 0 Å². The summed E-state index contributed by atoms with van der Waals surface area (Å²) in [7, 11) is 0. The van der Waals surface area contributed by atoms with Gasteiger partial charge in [0.25, 0.3) is 0 Å². The van der Waals surface area contributed by atoms with Crippen molar-refractivity contribution in [1.29, 1.82) is 0 Å². The second-order valence-electron chi connectivity index (χ2n) is 6.20. The Bertz CT molecular complexity index is 640. The van der Waals surface area contributed by atoms with Crippen LogP contribution in [0.25, 0.3) is 0 Å². The van der Waals surface area contributed by atoms with Crippen molar-refractivity contribution < 1.29 is 9.47 Å². The number of hydrogen-bond donors (Lipinski definition) is 0. The minimum atomic E-state index is -0.148. The third-order valence-electron chi connectivity index (χ3n) is 4.49. The van der Waals surface area contributed by atoms with Crippen LogP contribution in [-0.2, 0) is 4.74 Å². The number of hydrogen-bond acceptors (Lipinski definition) is 6. The predicted octanol–water partition coefficient (Wildman–Crippen LogP) is 2.08. The Hall–Kier alpha value is -2.21. The van der Waals surface area contributed by atoms with Crippen molar-refractivity contribution in [3.63, 3.8) is 0 Å². The molecule has 2 saturated heterocycles. The van der Waals surface area contributed by atoms with Gasteiger partial charge in [0.1, 0.15) is 11.9 Å². The molecule has 2 aromatic heterocycles. The van der Waals surface area contributed by atoms with Crippen molar-refractivity contribution in [2.75, 3.05) is 24.6 Å². The summed E-state index contributed by atoms with van der Waals surface area (Å²) in [5.74, 6) is 1.59. The Labute approximate surface area is 135 Å². The molecule has 2 aromatic rings. The second kappa shape index (κ2) is 6.12. The zero-order chi connectivity index (χ0) is 15.5. The van der Waals surface area contributed by atoms with Crippen LogP contribution < -0.4 is 9.64 Å². The van der Waals surface area contributed by atoms with Gasteiger partial charge in [0.05, 0.1) is 18.4 Å². The van der Waals surface area contributed by atoms with Crippen LogP contribution in [-0.4, -0.2) is 46.4 Å². The maximum absolute atomic E-state index is 6.18. The van der Waals surface area contributed by atoms with Gasteiger partial charge in [-0.2, -0.15) is 0 Å². The van der Waals surface area contributed by atoms with Crippen LogP contribution in [0.1, 0.15) is 19.3 Å². The van der Waals surface area contributed by atoms with Gasteiger partial charge in [-0.1, -0.05) is 0 Å². The van der Waals surface area contributed by atoms with E-state index in [1.54, 1.807) is 24.8 Å². The van der Waals surface area contributed by atoms with Crippen LogP contribution in [0.15, 0.2) is 43.0 Å². The lowest BCUT2D eigenvalue weighted by Gasteiger charge is -2.39. The molecule has 1 spiro atoms. The molecule has 2 aliphatic heterocycles. The summed E-state index contributed by atoms with van der Waals surface area (Å²) in [6.07, 6.45) is 10.2. The van der Waals surface area contributed by atoms with Crippen LogP contribution in [0.5, 0.6) is 5.75 Å². The van der Waals surface area contributed by atoms with E-state index in [0.717, 1.165) is 44.0 Å². The van der Waals surface area contributed by atoms with Crippen molar-refractivity contribution in [3.8, 4) is 5.75 Å². The van der Waals surface area contributed by atoms with Gasteiger partial charge in [-0.15, -0.1) is 0 Å². The topological polar surface area (TPSA) is 60.4 Å². The Morgan fingerprint density at radius 3 is 2.96 bits per heavy atom. The largest absolute Gasteiger partial charge is 0.486 e. The van der Waals surface area contributed by atoms with Crippen LogP contribution in [0.3, 0.4) is 0 Å². The highest BCUT2D eigenvalue weighted by atomic mass is 16.6. The van der Waals surface area contributed by atoms with Gasteiger partial charge in [-0.05, 0) is 31.0 Å². The molecule has 120 valence electrons. The lowest BCUT2D eigenvalue weighted by molar-refractivity contribution is -0.00845. The quantitative estimate of drug-likeness (QED) is 0.865. The number of aromatic nitrogens is 3. The van der Waals surface area contributed by atoms with E-state index >= 15 is 0 Å². The fourth-order valence-corrected chi connectivity index (χ4v) is 3.50. The summed E-state index contributed by atoms with van der Waals surface area (Å²) >= 11 is 0. The molecule has 0 aromatic carbocycles. The van der Waals surface area contributed by atoms with Crippen LogP contribution >= 0.6 is 0 Å². The first-order valence-electron chi connectivity index (χ1n) is 8.06. The molecule has 4 rings (SSSR count). The average Bonchev–Trinajstić information content (AvgIpc) is 2.98. The average molecular weight is 312 g/mol. The molecular formula is C17H20N4O2. The Balaban J connectivity index is 1.43. The van der Waals surface area contributed by atoms with Gasteiger partial charge in [0.2, 0.25) is 5.95 Å². The molecule has 6 nitrogen and oxygen atoms in total. The zero-order valence-corrected chi connectivity index (χ0v) is 13.0. The molecule has 0 amide bonds. The van der Waals surface area contributed by atoms with Crippen molar-refractivity contribution in [2.24, 2.45) is 0 Å². The normalized spacial score (nSPS) is 27.3. The summed E-state index contributed by atoms with van der Waals surface area (Å²) in [5.41, 5.74) is -0.148. The van der Waals surface area contributed by atoms with E-state index in [0.29, 0.717) is 6.61 Å². The monoisotopic (exact) mass is 312 g/mol. The van der Waals surface area contributed by atoms with E-state index < -0.39 is 0 Å². The van der Waals surface area contributed by atoms with Gasteiger partial charge in [-0.25, -0.2) is 9.97 Å². The third-order valence-corrected chi connectivity index (χ3v) is 4.49. The maximum Gasteiger partial charge on any atom is 0.225 e. The highest BCUT2D eigenvalue weighted by Gasteiger charge is 2.45. The lowest BCUT2D eigenvalue weighted by Crippen LogP contribution is -2.48. The maximum atomic E-state index is 6.18. The van der Waals surface area contributed by atoms with Gasteiger partial charge < -0.3 is 14.4 Å². The smallest absolute Gasteiger partial charge is 0.225 e. The number of anilines is 1. The summed E-state index contributed by atoms with van der Waals surface area (Å²) in [5, 5.41) is 0.